The van der Waals surface area contributed by atoms with Crippen molar-refractivity contribution in [1.29, 1.82) is 0 Å². The van der Waals surface area contributed by atoms with E-state index >= 15 is 0 Å². The molecule has 1 fully saturated rings. The van der Waals surface area contributed by atoms with Gasteiger partial charge in [0.05, 0.1) is 22.3 Å². The van der Waals surface area contributed by atoms with Gasteiger partial charge in [0, 0.05) is 13.3 Å². The third-order valence-corrected chi connectivity index (χ3v) is 10.4. The Morgan fingerprint density at radius 3 is 1.52 bits per heavy atom. The average molecular weight is 915 g/mol. The summed E-state index contributed by atoms with van der Waals surface area (Å²) in [6, 6.07) is 42.8. The van der Waals surface area contributed by atoms with E-state index in [0.29, 0.717) is 16.7 Å². The van der Waals surface area contributed by atoms with E-state index in [4.69, 9.17) is 33.2 Å². The molecule has 6 aromatic carbocycles. The first kappa shape index (κ1) is 47.1. The van der Waals surface area contributed by atoms with E-state index in [1.807, 2.05) is 0 Å². The number of ether oxygens (including phenoxy) is 8. The molecule has 7 rings (SSSR count). The van der Waals surface area contributed by atoms with Gasteiger partial charge in [-0.25, -0.2) is 19.2 Å². The van der Waals surface area contributed by atoms with Crippen molar-refractivity contribution in [2.45, 2.75) is 70.3 Å². The Kier molecular flexibility index (Phi) is 15.7. The summed E-state index contributed by atoms with van der Waals surface area (Å²) < 4.78 is 73.8. The summed E-state index contributed by atoms with van der Waals surface area (Å²) in [4.78, 5) is 67.8. The van der Waals surface area contributed by atoms with Crippen LogP contribution in [0.5, 0.6) is 11.5 Å². The third kappa shape index (κ3) is 12.7. The SMILES string of the molecule is CC(=O)OCc1ccc(Cc2ccc(OC(F)F)cc2)c(O[C@@H]2O[C@H]([C@@H](C)OC(=O)c3ccccc3)[C@@H](OC(=O)c3ccccc3)[C@H](OC(=O)c3ccccc3)[C@H]2OC(=O)c2ccccc2)c1. The van der Waals surface area contributed by atoms with Crippen molar-refractivity contribution in [3.05, 3.63) is 203 Å². The topological polar surface area (TPSA) is 159 Å². The number of esters is 5. The largest absolute Gasteiger partial charge is 0.461 e. The lowest BCUT2D eigenvalue weighted by Gasteiger charge is -2.45. The fourth-order valence-electron chi connectivity index (χ4n) is 7.14. The summed E-state index contributed by atoms with van der Waals surface area (Å²) in [6.45, 7) is -0.461. The molecule has 15 heteroatoms. The Morgan fingerprint density at radius 1 is 0.567 bits per heavy atom. The van der Waals surface area contributed by atoms with Gasteiger partial charge in [0.2, 0.25) is 12.4 Å². The Hall–Kier alpha value is -7.91. The molecule has 1 saturated heterocycles. The average Bonchev–Trinajstić information content (AvgIpc) is 3.34. The molecule has 0 N–H and O–H groups in total. The van der Waals surface area contributed by atoms with Gasteiger partial charge in [-0.2, -0.15) is 8.78 Å². The highest BCUT2D eigenvalue weighted by atomic mass is 19.3. The molecule has 6 atom stereocenters. The number of hydrogen-bond donors (Lipinski definition) is 0. The van der Waals surface area contributed by atoms with Gasteiger partial charge in [-0.05, 0) is 90.3 Å². The monoisotopic (exact) mass is 914 g/mol. The quantitative estimate of drug-likeness (QED) is 0.0631. The van der Waals surface area contributed by atoms with E-state index < -0.39 is 73.3 Å². The molecule has 67 heavy (non-hydrogen) atoms. The minimum Gasteiger partial charge on any atom is -0.461 e. The Bertz CT molecular complexity index is 2610. The van der Waals surface area contributed by atoms with Crippen LogP contribution in [0.25, 0.3) is 0 Å². The normalized spacial score (nSPS) is 18.1. The van der Waals surface area contributed by atoms with Crippen molar-refractivity contribution in [3.8, 4) is 11.5 Å². The summed E-state index contributed by atoms with van der Waals surface area (Å²) >= 11 is 0. The zero-order valence-corrected chi connectivity index (χ0v) is 36.1. The lowest BCUT2D eigenvalue weighted by atomic mass is 9.94. The van der Waals surface area contributed by atoms with Crippen LogP contribution in [0.2, 0.25) is 0 Å². The van der Waals surface area contributed by atoms with Crippen LogP contribution in [-0.2, 0) is 46.2 Å². The summed E-state index contributed by atoms with van der Waals surface area (Å²) in [5.74, 6) is -3.94. The molecule has 0 bridgehead atoms. The van der Waals surface area contributed by atoms with Crippen LogP contribution in [0.4, 0.5) is 8.78 Å². The maximum atomic E-state index is 14.2. The lowest BCUT2D eigenvalue weighted by molar-refractivity contribution is -0.284. The molecule has 0 aliphatic carbocycles. The lowest BCUT2D eigenvalue weighted by Crippen LogP contribution is -2.65. The van der Waals surface area contributed by atoms with Crippen LogP contribution in [0.15, 0.2) is 164 Å². The first-order chi connectivity index (χ1) is 32.4. The summed E-state index contributed by atoms with van der Waals surface area (Å²) in [5, 5.41) is 0. The Labute approximate surface area is 384 Å². The van der Waals surface area contributed by atoms with Gasteiger partial charge in [0.15, 0.2) is 12.2 Å². The van der Waals surface area contributed by atoms with Crippen molar-refractivity contribution < 1.29 is 70.6 Å². The molecule has 6 aromatic rings. The molecular formula is C52H44F2O13. The van der Waals surface area contributed by atoms with Gasteiger partial charge in [0.25, 0.3) is 0 Å². The van der Waals surface area contributed by atoms with Crippen LogP contribution in [0.3, 0.4) is 0 Å². The Morgan fingerprint density at radius 2 is 1.03 bits per heavy atom. The second kappa shape index (κ2) is 22.3. The summed E-state index contributed by atoms with van der Waals surface area (Å²) in [6.07, 6.45) is -9.43. The van der Waals surface area contributed by atoms with E-state index in [1.165, 1.54) is 62.4 Å². The van der Waals surface area contributed by atoms with E-state index in [2.05, 4.69) is 4.74 Å². The fraction of sp³-hybridized carbons (Fsp3) is 0.212. The predicted molar refractivity (Wildman–Crippen MR) is 235 cm³/mol. The van der Waals surface area contributed by atoms with Crippen LogP contribution in [-0.4, -0.2) is 73.3 Å². The minimum absolute atomic E-state index is 0.0580. The van der Waals surface area contributed by atoms with Crippen LogP contribution in [0.1, 0.15) is 72.0 Å². The number of alkyl halides is 2. The molecule has 0 radical (unpaired) electrons. The number of halogens is 2. The van der Waals surface area contributed by atoms with Crippen molar-refractivity contribution >= 4 is 29.8 Å². The van der Waals surface area contributed by atoms with Gasteiger partial charge in [0.1, 0.15) is 30.3 Å². The van der Waals surface area contributed by atoms with Gasteiger partial charge in [-0.3, -0.25) is 4.79 Å². The van der Waals surface area contributed by atoms with Gasteiger partial charge < -0.3 is 37.9 Å². The summed E-state index contributed by atoms with van der Waals surface area (Å²) in [7, 11) is 0. The minimum atomic E-state index is -3.03. The van der Waals surface area contributed by atoms with Crippen LogP contribution >= 0.6 is 0 Å². The van der Waals surface area contributed by atoms with Crippen LogP contribution < -0.4 is 9.47 Å². The first-order valence-electron chi connectivity index (χ1n) is 21.1. The van der Waals surface area contributed by atoms with E-state index in [9.17, 15) is 32.8 Å². The number of hydrogen-bond acceptors (Lipinski definition) is 13. The van der Waals surface area contributed by atoms with Crippen molar-refractivity contribution in [3.63, 3.8) is 0 Å². The zero-order chi connectivity index (χ0) is 47.3. The highest BCUT2D eigenvalue weighted by Crippen LogP contribution is 2.36. The molecule has 0 amide bonds. The maximum absolute atomic E-state index is 14.2. The number of rotatable bonds is 17. The summed E-state index contributed by atoms with van der Waals surface area (Å²) in [5.41, 5.74) is 2.09. The second-order valence-electron chi connectivity index (χ2n) is 15.2. The number of carbonyl (C=O) groups is 5. The highest BCUT2D eigenvalue weighted by Gasteiger charge is 2.56. The third-order valence-electron chi connectivity index (χ3n) is 10.4. The molecule has 0 aromatic heterocycles. The van der Waals surface area contributed by atoms with Crippen molar-refractivity contribution in [2.75, 3.05) is 0 Å². The molecule has 0 saturated carbocycles. The molecule has 1 heterocycles. The molecule has 0 unspecified atom stereocenters. The van der Waals surface area contributed by atoms with E-state index in [1.54, 1.807) is 115 Å². The van der Waals surface area contributed by atoms with Crippen LogP contribution in [0, 0.1) is 0 Å². The second-order valence-corrected chi connectivity index (χ2v) is 15.2. The number of benzene rings is 6. The van der Waals surface area contributed by atoms with Gasteiger partial charge in [-0.1, -0.05) is 97.1 Å². The molecule has 1 aliphatic rings. The fourth-order valence-corrected chi connectivity index (χ4v) is 7.14. The predicted octanol–water partition coefficient (Wildman–Crippen LogP) is 8.97. The van der Waals surface area contributed by atoms with Crippen molar-refractivity contribution in [1.82, 2.24) is 0 Å². The highest BCUT2D eigenvalue weighted by molar-refractivity contribution is 5.91. The maximum Gasteiger partial charge on any atom is 0.387 e. The molecule has 13 nitrogen and oxygen atoms in total. The molecular weight excluding hydrogens is 871 g/mol. The molecule has 1 aliphatic heterocycles. The van der Waals surface area contributed by atoms with Crippen molar-refractivity contribution in [2.24, 2.45) is 0 Å². The zero-order valence-electron chi connectivity index (χ0n) is 36.1. The molecule has 0 spiro atoms. The van der Waals surface area contributed by atoms with E-state index in [-0.39, 0.29) is 46.8 Å². The Balaban J connectivity index is 1.36. The smallest absolute Gasteiger partial charge is 0.387 e. The molecule has 344 valence electrons. The first-order valence-corrected chi connectivity index (χ1v) is 21.1. The standard InChI is InChI=1S/C52H44F2O13/c1-32(61-47(56)36-15-7-3-8-16-36)43-44(64-48(57)37-17-9-4-10-18-37)45(65-49(58)38-19-11-5-12-20-38)46(66-50(59)39-21-13-6-14-22-39)51(67-43)63-42-30-35(31-60-33(2)55)23-26-40(42)29-34-24-27-41(28-25-34)62-52(53)54/h3-28,30,32,43-46,51-52H,29,31H2,1-2H3/t32-,43-,44-,45+,46-,51-/m1/s1. The van der Waals surface area contributed by atoms with Gasteiger partial charge >= 0.3 is 36.5 Å². The van der Waals surface area contributed by atoms with Gasteiger partial charge in [-0.15, -0.1) is 0 Å². The van der Waals surface area contributed by atoms with E-state index in [0.717, 1.165) is 0 Å². The number of carbonyl (C=O) groups excluding carboxylic acids is 5.